The summed E-state index contributed by atoms with van der Waals surface area (Å²) in [5.74, 6) is 3.40. The normalized spacial score (nSPS) is 37.7. The number of aliphatic hydroxyl groups is 2. The van der Waals surface area contributed by atoms with Gasteiger partial charge in [-0.25, -0.2) is 0 Å². The van der Waals surface area contributed by atoms with Crippen molar-refractivity contribution < 1.29 is 115 Å². The van der Waals surface area contributed by atoms with Gasteiger partial charge in [0.05, 0.1) is 68.9 Å². The number of rotatable bonds is 26. The number of ether oxygens (including phenoxy) is 11. The minimum atomic E-state index is -1.03. The van der Waals surface area contributed by atoms with Gasteiger partial charge in [-0.3, -0.25) is 52.7 Å². The summed E-state index contributed by atoms with van der Waals surface area (Å²) in [6.45, 7) is 53.5. The predicted octanol–water partition coefficient (Wildman–Crippen LogP) is 22.2. The van der Waals surface area contributed by atoms with Gasteiger partial charge in [-0.2, -0.15) is 0 Å². The molecular weight excluding hydrogens is 1750 g/mol. The average Bonchev–Trinajstić information content (AvgIpc) is 0.723. The van der Waals surface area contributed by atoms with Crippen LogP contribution in [0.2, 0.25) is 0 Å². The second kappa shape index (κ2) is 39.5. The van der Waals surface area contributed by atoms with Crippen molar-refractivity contribution in [1.82, 2.24) is 0 Å². The minimum absolute atomic E-state index is 0.00143. The van der Waals surface area contributed by atoms with Gasteiger partial charge in [0.2, 0.25) is 0 Å². The Morgan fingerprint density at radius 1 is 0.355 bits per heavy atom. The highest BCUT2D eigenvalue weighted by Crippen LogP contribution is 2.76. The quantitative estimate of drug-likeness (QED) is 0.0600. The third-order valence-electron chi connectivity index (χ3n) is 38.7. The average molecular weight is 1940 g/mol. The Morgan fingerprint density at radius 3 is 1.15 bits per heavy atom. The van der Waals surface area contributed by atoms with E-state index in [2.05, 4.69) is 27.7 Å². The van der Waals surface area contributed by atoms with E-state index in [0.29, 0.717) is 104 Å². The molecule has 24 nitrogen and oxygen atoms in total. The van der Waals surface area contributed by atoms with E-state index in [1.807, 2.05) is 159 Å². The lowest BCUT2D eigenvalue weighted by Crippen LogP contribution is -2.71. The fourth-order valence-electron chi connectivity index (χ4n) is 29.6. The number of carbonyl (C=O) groups excluding carboxylic acids is 11. The molecule has 21 saturated carbocycles. The van der Waals surface area contributed by atoms with E-state index >= 15 is 0 Å². The number of aliphatic hydroxyl groups excluding tert-OH is 1. The van der Waals surface area contributed by atoms with Crippen molar-refractivity contribution in [3.8, 4) is 0 Å². The van der Waals surface area contributed by atoms with Crippen LogP contribution < -0.4 is 0 Å². The highest BCUT2D eigenvalue weighted by atomic mass is 16.6. The number of esters is 11. The molecule has 0 amide bonds. The zero-order valence-corrected chi connectivity index (χ0v) is 90.2. The van der Waals surface area contributed by atoms with Crippen molar-refractivity contribution in [1.29, 1.82) is 0 Å². The van der Waals surface area contributed by atoms with Gasteiger partial charge in [-0.1, -0.05) is 53.9 Å². The molecule has 21 rings (SSSR count). The van der Waals surface area contributed by atoms with Crippen LogP contribution in [0.15, 0.2) is 0 Å². The molecule has 24 heteroatoms. The molecule has 0 aromatic carbocycles. The van der Waals surface area contributed by atoms with E-state index in [1.54, 1.807) is 0 Å². The predicted molar refractivity (Wildman–Crippen MR) is 521 cm³/mol. The molecule has 0 spiro atoms. The molecule has 0 aromatic heterocycles. The maximum absolute atomic E-state index is 13.6. The van der Waals surface area contributed by atoms with Gasteiger partial charge in [0, 0.05) is 30.6 Å². The monoisotopic (exact) mass is 1940 g/mol. The van der Waals surface area contributed by atoms with Gasteiger partial charge in [0.1, 0.15) is 62.6 Å². The molecule has 21 aliphatic carbocycles. The molecule has 138 heavy (non-hydrogen) atoms. The van der Waals surface area contributed by atoms with Crippen LogP contribution in [0.3, 0.4) is 0 Å². The molecule has 2 N–H and O–H groups in total. The van der Waals surface area contributed by atoms with Crippen LogP contribution in [0.25, 0.3) is 0 Å². The zero-order chi connectivity index (χ0) is 102. The Kier molecular flexibility index (Phi) is 31.3. The number of hydrogen-bond donors (Lipinski definition) is 2. The number of fused-ring (bicyclic) bond motifs is 4. The Morgan fingerprint density at radius 2 is 0.739 bits per heavy atom. The maximum Gasteiger partial charge on any atom is 0.312 e. The van der Waals surface area contributed by atoms with Crippen LogP contribution in [0, 0.1) is 145 Å². The Balaban J connectivity index is 0.000000146. The second-order valence-corrected chi connectivity index (χ2v) is 54.7. The first-order chi connectivity index (χ1) is 63.7. The molecular formula is C114H182O24. The Hall–Kier alpha value is -5.91. The summed E-state index contributed by atoms with van der Waals surface area (Å²) in [6, 6.07) is 0. The van der Waals surface area contributed by atoms with Crippen molar-refractivity contribution in [2.24, 2.45) is 145 Å². The highest BCUT2D eigenvalue weighted by Gasteiger charge is 2.75. The lowest BCUT2D eigenvalue weighted by atomic mass is 9.32. The van der Waals surface area contributed by atoms with Crippen LogP contribution in [0.1, 0.15) is 431 Å². The standard InChI is InChI=1S/C27H40O4.C24H38O6.C23H38O4.C22H36O5.C18H30O5/c1-5-24(2,3)22(28)31-27-13-19-16-10-26(23(29)30-25(4)8-6-7-9-25)11-17(19)21(15-27)18(12-26)20(16)14-27;1-8-22(6,7)20(27)30-23-11-16-9-17(12-23)24(28-15(2)25,18(10-16)13-23)14-19(26)29-21(3,4)5;1-6-22(2,3)21(25)26-19-14-15-12-17(19)18(13-15)20(24)27-23(4,5)16-10-8-7-9-11-16;1-7-20(5,6)18(24)27-21-10-14-8-15(11-21)22(25,16(9-14)12-21)13-17(23)26-19(2,3)4;1-7-18(5,6)16(21)22-14-11-8-10(13(14)19)9-12(11)15(20)23-17(2,3)4/h16-21H,5-15H2,1-4H3;16-18H,8-14H2,1-7H3;15-19H,6-14H2,1-5H3;14-16,25H,7-13H2,1-6H3;10-14,19H,7-9H2,1-6H3. The van der Waals surface area contributed by atoms with Crippen LogP contribution in [0.5, 0.6) is 0 Å². The molecule has 0 saturated heterocycles. The summed E-state index contributed by atoms with van der Waals surface area (Å²) >= 11 is 0. The highest BCUT2D eigenvalue weighted by molar-refractivity contribution is 5.81. The van der Waals surface area contributed by atoms with Crippen LogP contribution in [0.4, 0.5) is 0 Å². The number of hydrogen-bond acceptors (Lipinski definition) is 24. The molecule has 0 heterocycles. The molecule has 0 radical (unpaired) electrons. The zero-order valence-electron chi connectivity index (χ0n) is 90.2. The van der Waals surface area contributed by atoms with Crippen molar-refractivity contribution in [3.05, 3.63) is 0 Å². The lowest BCUT2D eigenvalue weighted by molar-refractivity contribution is -0.283. The van der Waals surface area contributed by atoms with Crippen LogP contribution >= 0.6 is 0 Å². The van der Waals surface area contributed by atoms with E-state index < -0.39 is 84.1 Å². The SMILES string of the molecule is CCC(C)(C)C(=O)OC12CC3C4CC5(C(=O)OC6(C)CCCC6)CC3C(C1)C(C5)C4C2.CCC(C)(C)C(=O)OC12CC3CC(C1)C(CC(=O)OC(C)(C)C)(OC(C)=O)C(C3)C2.CCC(C)(C)C(=O)OC12CC3CC(C1)C(O)(CC(=O)OC(C)(C)C)C(C3)C2.CCC(C)(C)C(=O)OC1C(O)C2CC(C(=O)OC(C)(C)C)C1C2.CCC(C)(C)C(=O)OC1CC2CC(C(=O)OC(C)(C)C3CCCCC3)C1C2. The van der Waals surface area contributed by atoms with E-state index in [4.69, 9.17) is 52.1 Å². The molecule has 21 fully saturated rings. The lowest BCUT2D eigenvalue weighted by Gasteiger charge is -2.73. The fraction of sp³-hybridized carbons (Fsp3) is 0.904. The molecule has 21 aliphatic rings. The summed E-state index contributed by atoms with van der Waals surface area (Å²) in [5.41, 5.74) is -8.03. The summed E-state index contributed by atoms with van der Waals surface area (Å²) in [4.78, 5) is 140. The third-order valence-corrected chi connectivity index (χ3v) is 38.7. The van der Waals surface area contributed by atoms with Gasteiger partial charge in [0.25, 0.3) is 0 Å². The summed E-state index contributed by atoms with van der Waals surface area (Å²) in [7, 11) is 0. The first kappa shape index (κ1) is 109. The van der Waals surface area contributed by atoms with Crippen molar-refractivity contribution >= 4 is 65.7 Å². The van der Waals surface area contributed by atoms with E-state index in [-0.39, 0.29) is 154 Å². The summed E-state index contributed by atoms with van der Waals surface area (Å²) in [6.07, 6.45) is 31.2. The van der Waals surface area contributed by atoms with Crippen molar-refractivity contribution in [3.63, 3.8) is 0 Å². The fourth-order valence-corrected chi connectivity index (χ4v) is 29.6. The van der Waals surface area contributed by atoms with Gasteiger partial charge < -0.3 is 62.3 Å². The van der Waals surface area contributed by atoms with Crippen molar-refractivity contribution in [2.45, 2.75) is 506 Å². The van der Waals surface area contributed by atoms with E-state index in [1.165, 1.54) is 39.0 Å². The summed E-state index contributed by atoms with van der Waals surface area (Å²) < 4.78 is 65.1. The molecule has 0 aliphatic heterocycles. The van der Waals surface area contributed by atoms with Gasteiger partial charge >= 0.3 is 65.7 Å². The van der Waals surface area contributed by atoms with Crippen LogP contribution in [-0.4, -0.2) is 150 Å². The van der Waals surface area contributed by atoms with Crippen LogP contribution in [-0.2, 0) is 105 Å². The van der Waals surface area contributed by atoms with Gasteiger partial charge in [-0.05, 0) is 435 Å². The van der Waals surface area contributed by atoms with Gasteiger partial charge in [0.15, 0.2) is 0 Å². The molecule has 0 aromatic rings. The Bertz CT molecular complexity index is 4350. The Labute approximate surface area is 827 Å². The topological polar surface area (TPSA) is 330 Å². The third kappa shape index (κ3) is 23.0. The first-order valence-electron chi connectivity index (χ1n) is 54.5. The molecule has 13 atom stereocenters. The molecule has 782 valence electrons. The summed E-state index contributed by atoms with van der Waals surface area (Å²) in [5, 5.41) is 21.8. The molecule has 13 unspecified atom stereocenters. The smallest absolute Gasteiger partial charge is 0.312 e. The number of carbonyl (C=O) groups is 11. The minimum Gasteiger partial charge on any atom is -0.462 e. The maximum atomic E-state index is 13.6. The second-order valence-electron chi connectivity index (χ2n) is 54.7. The largest absolute Gasteiger partial charge is 0.462 e. The first-order valence-corrected chi connectivity index (χ1v) is 54.5. The van der Waals surface area contributed by atoms with Crippen molar-refractivity contribution in [2.75, 3.05) is 0 Å². The molecule has 20 bridgehead atoms. The van der Waals surface area contributed by atoms with E-state index in [0.717, 1.165) is 148 Å². The van der Waals surface area contributed by atoms with Gasteiger partial charge in [-0.15, -0.1) is 0 Å². The van der Waals surface area contributed by atoms with E-state index in [9.17, 15) is 63.0 Å².